The normalized spacial score (nSPS) is 12.0. The van der Waals surface area contributed by atoms with Gasteiger partial charge in [0.25, 0.3) is 0 Å². The van der Waals surface area contributed by atoms with Crippen LogP contribution in [0.25, 0.3) is 0 Å². The number of anilines is 1. The van der Waals surface area contributed by atoms with E-state index in [0.717, 1.165) is 17.0 Å². The van der Waals surface area contributed by atoms with Crippen molar-refractivity contribution in [2.75, 3.05) is 12.4 Å². The third-order valence-electron chi connectivity index (χ3n) is 2.93. The molecular formula is C15H15Cl2NO. The number of para-hydroxylation sites is 1. The monoisotopic (exact) mass is 295 g/mol. The molecule has 0 heterocycles. The Morgan fingerprint density at radius 3 is 2.53 bits per heavy atom. The van der Waals surface area contributed by atoms with E-state index in [2.05, 4.69) is 12.2 Å². The van der Waals surface area contributed by atoms with Gasteiger partial charge in [0, 0.05) is 5.56 Å². The molecule has 4 heteroatoms. The minimum atomic E-state index is 0.0621. The molecule has 1 unspecified atom stereocenters. The third kappa shape index (κ3) is 3.14. The highest BCUT2D eigenvalue weighted by atomic mass is 35.5. The molecule has 0 aliphatic rings. The van der Waals surface area contributed by atoms with Crippen LogP contribution in [0, 0.1) is 0 Å². The second kappa shape index (κ2) is 6.18. The number of halogens is 2. The zero-order chi connectivity index (χ0) is 13.8. The van der Waals surface area contributed by atoms with Crippen LogP contribution in [0.5, 0.6) is 5.75 Å². The molecular weight excluding hydrogens is 281 g/mol. The lowest BCUT2D eigenvalue weighted by Gasteiger charge is -2.19. The first-order chi connectivity index (χ1) is 9.13. The summed E-state index contributed by atoms with van der Waals surface area (Å²) >= 11 is 12.2. The molecule has 0 radical (unpaired) electrons. The molecule has 0 aromatic heterocycles. The maximum Gasteiger partial charge on any atom is 0.124 e. The fourth-order valence-corrected chi connectivity index (χ4v) is 2.31. The SMILES string of the molecule is COc1ccccc1C(C)Nc1cccc(Cl)c1Cl. The highest BCUT2D eigenvalue weighted by molar-refractivity contribution is 6.43. The second-order valence-corrected chi connectivity index (χ2v) is 4.99. The number of methoxy groups -OCH3 is 1. The van der Waals surface area contributed by atoms with Crippen LogP contribution in [-0.4, -0.2) is 7.11 Å². The average Bonchev–Trinajstić information content (AvgIpc) is 2.43. The Balaban J connectivity index is 2.26. The van der Waals surface area contributed by atoms with Crippen LogP contribution in [-0.2, 0) is 0 Å². The van der Waals surface area contributed by atoms with Crippen LogP contribution in [0.1, 0.15) is 18.5 Å². The van der Waals surface area contributed by atoms with Crippen LogP contribution >= 0.6 is 23.2 Å². The van der Waals surface area contributed by atoms with Gasteiger partial charge in [-0.1, -0.05) is 47.5 Å². The van der Waals surface area contributed by atoms with Crippen LogP contribution in [0.2, 0.25) is 10.0 Å². The molecule has 0 fully saturated rings. The molecule has 0 saturated carbocycles. The molecule has 2 rings (SSSR count). The maximum absolute atomic E-state index is 6.17. The largest absolute Gasteiger partial charge is 0.496 e. The van der Waals surface area contributed by atoms with Crippen LogP contribution < -0.4 is 10.1 Å². The third-order valence-corrected chi connectivity index (χ3v) is 3.75. The van der Waals surface area contributed by atoms with Crippen molar-refractivity contribution in [1.29, 1.82) is 0 Å². The summed E-state index contributed by atoms with van der Waals surface area (Å²) < 4.78 is 5.36. The van der Waals surface area contributed by atoms with E-state index < -0.39 is 0 Å². The second-order valence-electron chi connectivity index (χ2n) is 4.21. The smallest absolute Gasteiger partial charge is 0.124 e. The molecule has 19 heavy (non-hydrogen) atoms. The van der Waals surface area contributed by atoms with E-state index in [0.29, 0.717) is 10.0 Å². The number of rotatable bonds is 4. The number of ether oxygens (including phenoxy) is 1. The number of nitrogens with one attached hydrogen (secondary N) is 1. The summed E-state index contributed by atoms with van der Waals surface area (Å²) in [6, 6.07) is 13.5. The molecule has 0 spiro atoms. The molecule has 0 saturated heterocycles. The van der Waals surface area contributed by atoms with E-state index >= 15 is 0 Å². The Morgan fingerprint density at radius 1 is 1.05 bits per heavy atom. The zero-order valence-electron chi connectivity index (χ0n) is 10.8. The van der Waals surface area contributed by atoms with Crippen molar-refractivity contribution in [3.8, 4) is 5.75 Å². The summed E-state index contributed by atoms with van der Waals surface area (Å²) in [5.41, 5.74) is 1.88. The van der Waals surface area contributed by atoms with Crippen molar-refractivity contribution in [3.05, 3.63) is 58.1 Å². The lowest BCUT2D eigenvalue weighted by atomic mass is 10.1. The molecule has 100 valence electrons. The fourth-order valence-electron chi connectivity index (χ4n) is 1.95. The van der Waals surface area contributed by atoms with Crippen molar-refractivity contribution in [2.45, 2.75) is 13.0 Å². The average molecular weight is 296 g/mol. The Hall–Kier alpha value is -1.38. The summed E-state index contributed by atoms with van der Waals surface area (Å²) in [7, 11) is 1.66. The van der Waals surface area contributed by atoms with E-state index in [1.807, 2.05) is 36.4 Å². The molecule has 1 atom stereocenters. The van der Waals surface area contributed by atoms with Gasteiger partial charge >= 0.3 is 0 Å². The summed E-state index contributed by atoms with van der Waals surface area (Å²) in [4.78, 5) is 0. The minimum Gasteiger partial charge on any atom is -0.496 e. The fraction of sp³-hybridized carbons (Fsp3) is 0.200. The Bertz CT molecular complexity index is 572. The molecule has 2 nitrogen and oxygen atoms in total. The van der Waals surface area contributed by atoms with Gasteiger partial charge in [0.15, 0.2) is 0 Å². The standard InChI is InChI=1S/C15H15Cl2NO/c1-10(11-6-3-4-9-14(11)19-2)18-13-8-5-7-12(16)15(13)17/h3-10,18H,1-2H3. The van der Waals surface area contributed by atoms with Crippen molar-refractivity contribution in [3.63, 3.8) is 0 Å². The number of benzene rings is 2. The van der Waals surface area contributed by atoms with Crippen molar-refractivity contribution < 1.29 is 4.74 Å². The minimum absolute atomic E-state index is 0.0621. The first-order valence-electron chi connectivity index (χ1n) is 5.97. The zero-order valence-corrected chi connectivity index (χ0v) is 12.3. The Morgan fingerprint density at radius 2 is 1.79 bits per heavy atom. The first-order valence-corrected chi connectivity index (χ1v) is 6.72. The van der Waals surface area contributed by atoms with E-state index in [1.54, 1.807) is 13.2 Å². The Labute approximate surface area is 123 Å². The van der Waals surface area contributed by atoms with E-state index in [1.165, 1.54) is 0 Å². The molecule has 0 amide bonds. The summed E-state index contributed by atoms with van der Waals surface area (Å²) in [5.74, 6) is 0.848. The highest BCUT2D eigenvalue weighted by Crippen LogP contribution is 2.33. The van der Waals surface area contributed by atoms with Crippen molar-refractivity contribution in [2.24, 2.45) is 0 Å². The van der Waals surface area contributed by atoms with Crippen LogP contribution in [0.3, 0.4) is 0 Å². The molecule has 0 bridgehead atoms. The predicted octanol–water partition coefficient (Wildman–Crippen LogP) is 5.18. The van der Waals surface area contributed by atoms with Gasteiger partial charge in [0.2, 0.25) is 0 Å². The lowest BCUT2D eigenvalue weighted by molar-refractivity contribution is 0.408. The van der Waals surface area contributed by atoms with Crippen LogP contribution in [0.15, 0.2) is 42.5 Å². The predicted molar refractivity (Wildman–Crippen MR) is 81.5 cm³/mol. The van der Waals surface area contributed by atoms with Gasteiger partial charge in [0.05, 0.1) is 28.9 Å². The van der Waals surface area contributed by atoms with Gasteiger partial charge in [-0.25, -0.2) is 0 Å². The first kappa shape index (κ1) is 14.0. The van der Waals surface area contributed by atoms with Crippen molar-refractivity contribution >= 4 is 28.9 Å². The highest BCUT2D eigenvalue weighted by Gasteiger charge is 2.12. The van der Waals surface area contributed by atoms with E-state index in [4.69, 9.17) is 27.9 Å². The number of hydrogen-bond donors (Lipinski definition) is 1. The molecule has 0 aliphatic carbocycles. The van der Waals surface area contributed by atoms with Gasteiger partial charge in [0.1, 0.15) is 5.75 Å². The van der Waals surface area contributed by atoms with Gasteiger partial charge in [-0.15, -0.1) is 0 Å². The molecule has 0 aliphatic heterocycles. The molecule has 2 aromatic carbocycles. The van der Waals surface area contributed by atoms with Crippen molar-refractivity contribution in [1.82, 2.24) is 0 Å². The van der Waals surface area contributed by atoms with Gasteiger partial charge in [-0.2, -0.15) is 0 Å². The lowest BCUT2D eigenvalue weighted by Crippen LogP contribution is -2.08. The van der Waals surface area contributed by atoms with Crippen LogP contribution in [0.4, 0.5) is 5.69 Å². The quantitative estimate of drug-likeness (QED) is 0.839. The van der Waals surface area contributed by atoms with Gasteiger partial charge < -0.3 is 10.1 Å². The van der Waals surface area contributed by atoms with E-state index in [-0.39, 0.29) is 6.04 Å². The van der Waals surface area contributed by atoms with Gasteiger partial charge in [-0.3, -0.25) is 0 Å². The summed E-state index contributed by atoms with van der Waals surface area (Å²) in [6.07, 6.45) is 0. The van der Waals surface area contributed by atoms with E-state index in [9.17, 15) is 0 Å². The topological polar surface area (TPSA) is 21.3 Å². The molecule has 1 N–H and O–H groups in total. The summed E-state index contributed by atoms with van der Waals surface area (Å²) in [6.45, 7) is 2.05. The number of hydrogen-bond acceptors (Lipinski definition) is 2. The summed E-state index contributed by atoms with van der Waals surface area (Å²) in [5, 5.41) is 4.42. The van der Waals surface area contributed by atoms with Gasteiger partial charge in [-0.05, 0) is 25.1 Å². The Kier molecular flexibility index (Phi) is 4.56. The maximum atomic E-state index is 6.17. The molecule has 2 aromatic rings.